The monoisotopic (exact) mass is 258 g/mol. The number of carbonyl (C=O) groups is 2. The summed E-state index contributed by atoms with van der Waals surface area (Å²) in [4.78, 5) is 24.2. The van der Waals surface area contributed by atoms with E-state index in [4.69, 9.17) is 5.11 Å². The third kappa shape index (κ3) is 4.52. The van der Waals surface area contributed by atoms with Crippen molar-refractivity contribution in [3.8, 4) is 0 Å². The molecule has 0 radical (unpaired) electrons. The molecule has 1 fully saturated rings. The first-order valence-corrected chi connectivity index (χ1v) is 6.44. The van der Waals surface area contributed by atoms with E-state index in [0.717, 1.165) is 25.7 Å². The topological polar surface area (TPSA) is 89.9 Å². The van der Waals surface area contributed by atoms with Gasteiger partial charge in [0.15, 0.2) is 0 Å². The predicted octanol–water partition coefficient (Wildman–Crippen LogP) is 0.796. The van der Waals surface area contributed by atoms with Crippen LogP contribution in [0.3, 0.4) is 0 Å². The van der Waals surface area contributed by atoms with Gasteiger partial charge in [0.2, 0.25) is 0 Å². The molecule has 0 saturated carbocycles. The zero-order valence-electron chi connectivity index (χ0n) is 10.8. The standard InChI is InChI=1S/C12H22N2O4/c1-9(7-11(16)17)13-12(18)14-6-4-2-3-5-10(14)8-15/h9-10,15H,2-8H2,1H3,(H,13,18)(H,16,17). The van der Waals surface area contributed by atoms with E-state index in [-0.39, 0.29) is 25.1 Å². The van der Waals surface area contributed by atoms with Gasteiger partial charge < -0.3 is 20.4 Å². The zero-order valence-corrected chi connectivity index (χ0v) is 10.8. The maximum atomic E-state index is 12.0. The molecule has 0 aromatic heterocycles. The maximum Gasteiger partial charge on any atom is 0.317 e. The van der Waals surface area contributed by atoms with Gasteiger partial charge in [0.05, 0.1) is 19.1 Å². The summed E-state index contributed by atoms with van der Waals surface area (Å²) < 4.78 is 0. The van der Waals surface area contributed by atoms with Crippen LogP contribution in [-0.4, -0.2) is 52.3 Å². The summed E-state index contributed by atoms with van der Waals surface area (Å²) in [6, 6.07) is -0.827. The number of urea groups is 1. The number of hydrogen-bond donors (Lipinski definition) is 3. The normalized spacial score (nSPS) is 22.1. The first kappa shape index (κ1) is 14.8. The number of aliphatic hydroxyl groups is 1. The molecule has 1 heterocycles. The van der Waals surface area contributed by atoms with Crippen LogP contribution in [0.25, 0.3) is 0 Å². The minimum Gasteiger partial charge on any atom is -0.481 e. The first-order valence-electron chi connectivity index (χ1n) is 6.44. The van der Waals surface area contributed by atoms with Crippen LogP contribution in [-0.2, 0) is 4.79 Å². The summed E-state index contributed by atoms with van der Waals surface area (Å²) in [5, 5.41) is 20.6. The van der Waals surface area contributed by atoms with Gasteiger partial charge in [-0.1, -0.05) is 12.8 Å². The molecule has 0 aromatic carbocycles. The molecule has 104 valence electrons. The summed E-state index contributed by atoms with van der Waals surface area (Å²) >= 11 is 0. The lowest BCUT2D eigenvalue weighted by molar-refractivity contribution is -0.137. The van der Waals surface area contributed by atoms with Crippen molar-refractivity contribution < 1.29 is 19.8 Å². The van der Waals surface area contributed by atoms with Crippen molar-refractivity contribution in [2.75, 3.05) is 13.2 Å². The average molecular weight is 258 g/mol. The summed E-state index contributed by atoms with van der Waals surface area (Å²) in [5.74, 6) is -0.933. The number of aliphatic hydroxyl groups excluding tert-OH is 1. The van der Waals surface area contributed by atoms with E-state index in [9.17, 15) is 14.7 Å². The molecule has 1 aliphatic rings. The fourth-order valence-electron chi connectivity index (χ4n) is 2.24. The van der Waals surface area contributed by atoms with E-state index in [1.54, 1.807) is 11.8 Å². The Hall–Kier alpha value is -1.30. The molecule has 6 heteroatoms. The van der Waals surface area contributed by atoms with E-state index in [2.05, 4.69) is 5.32 Å². The number of amides is 2. The van der Waals surface area contributed by atoms with E-state index in [1.165, 1.54) is 0 Å². The van der Waals surface area contributed by atoms with Crippen LogP contribution in [0.5, 0.6) is 0 Å². The Bertz CT molecular complexity index is 296. The van der Waals surface area contributed by atoms with Gasteiger partial charge in [0.25, 0.3) is 0 Å². The molecule has 2 amide bonds. The minimum absolute atomic E-state index is 0.0409. The Morgan fingerprint density at radius 1 is 1.39 bits per heavy atom. The summed E-state index contributed by atoms with van der Waals surface area (Å²) in [6.45, 7) is 2.25. The molecule has 0 aliphatic carbocycles. The fraction of sp³-hybridized carbons (Fsp3) is 0.833. The third-order valence-corrected chi connectivity index (χ3v) is 3.20. The van der Waals surface area contributed by atoms with Crippen LogP contribution in [0.15, 0.2) is 0 Å². The van der Waals surface area contributed by atoms with Crippen molar-refractivity contribution in [1.82, 2.24) is 10.2 Å². The van der Waals surface area contributed by atoms with E-state index < -0.39 is 12.0 Å². The van der Waals surface area contributed by atoms with Crippen molar-refractivity contribution in [1.29, 1.82) is 0 Å². The van der Waals surface area contributed by atoms with Gasteiger partial charge in [0, 0.05) is 12.6 Å². The first-order chi connectivity index (χ1) is 8.54. The number of hydrogen-bond acceptors (Lipinski definition) is 3. The number of likely N-dealkylation sites (tertiary alicyclic amines) is 1. The van der Waals surface area contributed by atoms with Gasteiger partial charge in [-0.3, -0.25) is 4.79 Å². The smallest absolute Gasteiger partial charge is 0.317 e. The van der Waals surface area contributed by atoms with Gasteiger partial charge in [-0.05, 0) is 19.8 Å². The summed E-state index contributed by atoms with van der Waals surface area (Å²) in [6.07, 6.45) is 3.71. The lowest BCUT2D eigenvalue weighted by Crippen LogP contribution is -2.50. The number of rotatable bonds is 4. The van der Waals surface area contributed by atoms with Crippen molar-refractivity contribution >= 4 is 12.0 Å². The van der Waals surface area contributed by atoms with Crippen molar-refractivity contribution in [3.05, 3.63) is 0 Å². The zero-order chi connectivity index (χ0) is 13.5. The van der Waals surface area contributed by atoms with Gasteiger partial charge in [-0.25, -0.2) is 4.79 Å². The van der Waals surface area contributed by atoms with Crippen LogP contribution in [0.1, 0.15) is 39.0 Å². The molecule has 2 atom stereocenters. The number of carbonyl (C=O) groups excluding carboxylic acids is 1. The maximum absolute atomic E-state index is 12.0. The van der Waals surface area contributed by atoms with E-state index >= 15 is 0 Å². The second-order valence-electron chi connectivity index (χ2n) is 4.83. The van der Waals surface area contributed by atoms with E-state index in [1.807, 2.05) is 0 Å². The molecule has 1 aliphatic heterocycles. The molecule has 1 saturated heterocycles. The van der Waals surface area contributed by atoms with Crippen LogP contribution >= 0.6 is 0 Å². The molecule has 0 spiro atoms. The van der Waals surface area contributed by atoms with Gasteiger partial charge in [-0.15, -0.1) is 0 Å². The lowest BCUT2D eigenvalue weighted by atomic mass is 10.1. The largest absolute Gasteiger partial charge is 0.481 e. The number of nitrogens with zero attached hydrogens (tertiary/aromatic N) is 1. The lowest BCUT2D eigenvalue weighted by Gasteiger charge is -2.29. The summed E-state index contributed by atoms with van der Waals surface area (Å²) in [7, 11) is 0. The van der Waals surface area contributed by atoms with Gasteiger partial charge in [-0.2, -0.15) is 0 Å². The molecule has 3 N–H and O–H groups in total. The highest BCUT2D eigenvalue weighted by molar-refractivity contribution is 5.76. The Balaban J connectivity index is 2.54. The van der Waals surface area contributed by atoms with Gasteiger partial charge >= 0.3 is 12.0 Å². The molecule has 6 nitrogen and oxygen atoms in total. The second kappa shape index (κ2) is 7.20. The van der Waals surface area contributed by atoms with Crippen molar-refractivity contribution in [2.45, 2.75) is 51.1 Å². The number of aliphatic carboxylic acids is 1. The highest BCUT2D eigenvalue weighted by atomic mass is 16.4. The molecular weight excluding hydrogens is 236 g/mol. The Morgan fingerprint density at radius 2 is 2.11 bits per heavy atom. The van der Waals surface area contributed by atoms with Crippen LogP contribution < -0.4 is 5.32 Å². The highest BCUT2D eigenvalue weighted by Crippen LogP contribution is 2.16. The number of carboxylic acid groups (broad SMARTS) is 1. The number of carboxylic acids is 1. The van der Waals surface area contributed by atoms with Crippen LogP contribution in [0, 0.1) is 0 Å². The minimum atomic E-state index is -0.933. The van der Waals surface area contributed by atoms with Crippen molar-refractivity contribution in [3.63, 3.8) is 0 Å². The Morgan fingerprint density at radius 3 is 2.72 bits per heavy atom. The highest BCUT2D eigenvalue weighted by Gasteiger charge is 2.25. The Labute approximate surface area is 107 Å². The predicted molar refractivity (Wildman–Crippen MR) is 66.3 cm³/mol. The van der Waals surface area contributed by atoms with Gasteiger partial charge in [0.1, 0.15) is 0 Å². The fourth-order valence-corrected chi connectivity index (χ4v) is 2.24. The van der Waals surface area contributed by atoms with E-state index in [0.29, 0.717) is 6.54 Å². The third-order valence-electron chi connectivity index (χ3n) is 3.20. The van der Waals surface area contributed by atoms with Crippen LogP contribution in [0.2, 0.25) is 0 Å². The molecular formula is C12H22N2O4. The summed E-state index contributed by atoms with van der Waals surface area (Å²) in [5.41, 5.74) is 0. The molecule has 0 aromatic rings. The SMILES string of the molecule is CC(CC(=O)O)NC(=O)N1CCCCCC1CO. The van der Waals surface area contributed by atoms with Crippen LogP contribution in [0.4, 0.5) is 4.79 Å². The molecule has 1 rings (SSSR count). The average Bonchev–Trinajstić information content (AvgIpc) is 2.52. The molecule has 0 bridgehead atoms. The number of nitrogens with one attached hydrogen (secondary N) is 1. The Kier molecular flexibility index (Phi) is 5.91. The quantitative estimate of drug-likeness (QED) is 0.695. The molecule has 18 heavy (non-hydrogen) atoms. The second-order valence-corrected chi connectivity index (χ2v) is 4.83. The molecule has 2 unspecified atom stereocenters. The van der Waals surface area contributed by atoms with Crippen molar-refractivity contribution in [2.24, 2.45) is 0 Å².